The van der Waals surface area contributed by atoms with Gasteiger partial charge in [0.25, 0.3) is 0 Å². The smallest absolute Gasteiger partial charge is 0.0750 e. The van der Waals surface area contributed by atoms with Gasteiger partial charge in [0.15, 0.2) is 0 Å². The number of hydrogen-bond donors (Lipinski definition) is 1. The molecule has 3 nitrogen and oxygen atoms in total. The molecule has 1 fully saturated rings. The molecule has 1 aliphatic rings. The summed E-state index contributed by atoms with van der Waals surface area (Å²) in [4.78, 5) is 2.40. The van der Waals surface area contributed by atoms with Crippen molar-refractivity contribution in [2.24, 2.45) is 5.73 Å². The molecule has 1 atom stereocenters. The van der Waals surface area contributed by atoms with Crippen molar-refractivity contribution in [3.63, 3.8) is 0 Å². The van der Waals surface area contributed by atoms with E-state index in [9.17, 15) is 0 Å². The predicted octanol–water partition coefficient (Wildman–Crippen LogP) is 2.91. The van der Waals surface area contributed by atoms with E-state index in [-0.39, 0.29) is 0 Å². The molecule has 0 bridgehead atoms. The predicted molar refractivity (Wildman–Crippen MR) is 78.9 cm³/mol. The van der Waals surface area contributed by atoms with E-state index in [1.165, 1.54) is 17.7 Å². The zero-order chi connectivity index (χ0) is 13.0. The fourth-order valence-electron chi connectivity index (χ4n) is 2.53. The van der Waals surface area contributed by atoms with Crippen molar-refractivity contribution in [3.8, 4) is 0 Å². The van der Waals surface area contributed by atoms with Gasteiger partial charge in [0.1, 0.15) is 0 Å². The van der Waals surface area contributed by atoms with Crippen LogP contribution in [0.3, 0.4) is 0 Å². The maximum atomic E-state index is 5.83. The van der Waals surface area contributed by atoms with E-state index in [2.05, 4.69) is 46.0 Å². The van der Waals surface area contributed by atoms with Crippen LogP contribution in [0.5, 0.6) is 0 Å². The van der Waals surface area contributed by atoms with Gasteiger partial charge in [-0.25, -0.2) is 0 Å². The standard InChI is InChI=1S/C14H21BrN2O/c1-2-18-13-4-3-7-17(10-13)14-8-12(15)6-5-11(14)9-16/h5-6,8,13H,2-4,7,9-10,16H2,1H3. The van der Waals surface area contributed by atoms with Crippen LogP contribution in [0.1, 0.15) is 25.3 Å². The fraction of sp³-hybridized carbons (Fsp3) is 0.571. The average molecular weight is 313 g/mol. The van der Waals surface area contributed by atoms with Gasteiger partial charge in [-0.2, -0.15) is 0 Å². The summed E-state index contributed by atoms with van der Waals surface area (Å²) in [5.74, 6) is 0. The highest BCUT2D eigenvalue weighted by Crippen LogP contribution is 2.28. The van der Waals surface area contributed by atoms with Crippen LogP contribution >= 0.6 is 15.9 Å². The highest BCUT2D eigenvalue weighted by atomic mass is 79.9. The van der Waals surface area contributed by atoms with Gasteiger partial charge in [-0.05, 0) is 37.5 Å². The number of nitrogens with zero attached hydrogens (tertiary/aromatic N) is 1. The van der Waals surface area contributed by atoms with Crippen LogP contribution in [0.15, 0.2) is 22.7 Å². The Balaban J connectivity index is 2.17. The first-order chi connectivity index (χ1) is 8.74. The minimum Gasteiger partial charge on any atom is -0.377 e. The third kappa shape index (κ3) is 3.25. The number of nitrogens with two attached hydrogens (primary N) is 1. The second-order valence-electron chi connectivity index (χ2n) is 4.64. The molecule has 1 unspecified atom stereocenters. The lowest BCUT2D eigenvalue weighted by Crippen LogP contribution is -2.40. The molecule has 0 amide bonds. The van der Waals surface area contributed by atoms with Crippen LogP contribution in [0.2, 0.25) is 0 Å². The van der Waals surface area contributed by atoms with Crippen LogP contribution < -0.4 is 10.6 Å². The van der Waals surface area contributed by atoms with Crippen LogP contribution in [0.4, 0.5) is 5.69 Å². The molecule has 1 aliphatic heterocycles. The minimum atomic E-state index is 0.355. The highest BCUT2D eigenvalue weighted by Gasteiger charge is 2.21. The van der Waals surface area contributed by atoms with Crippen LogP contribution in [-0.2, 0) is 11.3 Å². The Hall–Kier alpha value is -0.580. The monoisotopic (exact) mass is 312 g/mol. The largest absolute Gasteiger partial charge is 0.377 e. The molecule has 1 aromatic rings. The molecule has 4 heteroatoms. The second-order valence-corrected chi connectivity index (χ2v) is 5.56. The van der Waals surface area contributed by atoms with E-state index in [1.54, 1.807) is 0 Å². The Morgan fingerprint density at radius 2 is 2.33 bits per heavy atom. The average Bonchev–Trinajstić information content (AvgIpc) is 2.39. The molecule has 0 spiro atoms. The quantitative estimate of drug-likeness (QED) is 0.929. The Kier molecular flexibility index (Phi) is 5.03. The van der Waals surface area contributed by atoms with Gasteiger partial charge in [0.2, 0.25) is 0 Å². The number of halogens is 1. The third-order valence-corrected chi connectivity index (χ3v) is 3.88. The Bertz CT molecular complexity index is 395. The zero-order valence-corrected chi connectivity index (χ0v) is 12.4. The summed E-state index contributed by atoms with van der Waals surface area (Å²) in [5, 5.41) is 0. The van der Waals surface area contributed by atoms with Crippen LogP contribution in [0, 0.1) is 0 Å². The van der Waals surface area contributed by atoms with Crippen molar-refractivity contribution >= 4 is 21.6 Å². The summed E-state index contributed by atoms with van der Waals surface area (Å²) in [7, 11) is 0. The van der Waals surface area contributed by atoms with Gasteiger partial charge >= 0.3 is 0 Å². The van der Waals surface area contributed by atoms with Crippen molar-refractivity contribution in [1.29, 1.82) is 0 Å². The third-order valence-electron chi connectivity index (χ3n) is 3.39. The first-order valence-electron chi connectivity index (χ1n) is 6.59. The molecule has 2 N–H and O–H groups in total. The summed E-state index contributed by atoms with van der Waals surface area (Å²) in [6, 6.07) is 6.32. The highest BCUT2D eigenvalue weighted by molar-refractivity contribution is 9.10. The van der Waals surface area contributed by atoms with Crippen LogP contribution in [0.25, 0.3) is 0 Å². The summed E-state index contributed by atoms with van der Waals surface area (Å²) in [6.07, 6.45) is 2.70. The van der Waals surface area contributed by atoms with E-state index in [0.717, 1.165) is 30.6 Å². The second kappa shape index (κ2) is 6.55. The van der Waals surface area contributed by atoms with E-state index in [0.29, 0.717) is 12.6 Å². The Morgan fingerprint density at radius 3 is 3.06 bits per heavy atom. The molecule has 0 aromatic heterocycles. The number of ether oxygens (including phenoxy) is 1. The van der Waals surface area contributed by atoms with Crippen molar-refractivity contribution in [2.75, 3.05) is 24.6 Å². The lowest BCUT2D eigenvalue weighted by molar-refractivity contribution is 0.0526. The minimum absolute atomic E-state index is 0.355. The SMILES string of the molecule is CCOC1CCCN(c2cc(Br)ccc2CN)C1. The van der Waals surface area contributed by atoms with Crippen molar-refractivity contribution < 1.29 is 4.74 Å². The van der Waals surface area contributed by atoms with Crippen molar-refractivity contribution in [3.05, 3.63) is 28.2 Å². The normalized spacial score (nSPS) is 20.2. The van der Waals surface area contributed by atoms with E-state index < -0.39 is 0 Å². The van der Waals surface area contributed by atoms with Crippen molar-refractivity contribution in [2.45, 2.75) is 32.4 Å². The Morgan fingerprint density at radius 1 is 1.50 bits per heavy atom. The molecule has 1 heterocycles. The lowest BCUT2D eigenvalue weighted by atomic mass is 10.1. The Labute approximate surface area is 117 Å². The maximum Gasteiger partial charge on any atom is 0.0750 e. The molecular weight excluding hydrogens is 292 g/mol. The van der Waals surface area contributed by atoms with Crippen molar-refractivity contribution in [1.82, 2.24) is 0 Å². The van der Waals surface area contributed by atoms with E-state index >= 15 is 0 Å². The maximum absolute atomic E-state index is 5.83. The topological polar surface area (TPSA) is 38.5 Å². The molecular formula is C14H21BrN2O. The summed E-state index contributed by atoms with van der Waals surface area (Å²) in [6.45, 7) is 5.49. The number of rotatable bonds is 4. The fourth-order valence-corrected chi connectivity index (χ4v) is 2.88. The van der Waals surface area contributed by atoms with Gasteiger partial charge in [0, 0.05) is 36.4 Å². The first-order valence-corrected chi connectivity index (χ1v) is 7.39. The molecule has 0 radical (unpaired) electrons. The number of benzene rings is 1. The molecule has 18 heavy (non-hydrogen) atoms. The summed E-state index contributed by atoms with van der Waals surface area (Å²) >= 11 is 3.54. The van der Waals surface area contributed by atoms with Gasteiger partial charge in [-0.3, -0.25) is 0 Å². The molecule has 100 valence electrons. The van der Waals surface area contributed by atoms with E-state index in [4.69, 9.17) is 10.5 Å². The van der Waals surface area contributed by atoms with Gasteiger partial charge in [-0.15, -0.1) is 0 Å². The summed E-state index contributed by atoms with van der Waals surface area (Å²) in [5.41, 5.74) is 8.28. The number of anilines is 1. The molecule has 1 aromatic carbocycles. The molecule has 2 rings (SSSR count). The summed E-state index contributed by atoms with van der Waals surface area (Å²) < 4.78 is 6.86. The molecule has 1 saturated heterocycles. The molecule has 0 aliphatic carbocycles. The number of piperidine rings is 1. The zero-order valence-electron chi connectivity index (χ0n) is 10.9. The number of hydrogen-bond acceptors (Lipinski definition) is 3. The van der Waals surface area contributed by atoms with Gasteiger partial charge in [0.05, 0.1) is 6.10 Å². The first kappa shape index (κ1) is 13.8. The lowest BCUT2D eigenvalue weighted by Gasteiger charge is -2.35. The van der Waals surface area contributed by atoms with Crippen LogP contribution in [-0.4, -0.2) is 25.8 Å². The van der Waals surface area contributed by atoms with Gasteiger partial charge < -0.3 is 15.4 Å². The van der Waals surface area contributed by atoms with E-state index in [1.807, 2.05) is 0 Å². The molecule has 0 saturated carbocycles. The van der Waals surface area contributed by atoms with Gasteiger partial charge in [-0.1, -0.05) is 22.0 Å².